The summed E-state index contributed by atoms with van der Waals surface area (Å²) in [5, 5.41) is 4.23. The molecule has 1 fully saturated rings. The number of hydrogen-bond acceptors (Lipinski definition) is 3. The van der Waals surface area contributed by atoms with E-state index in [2.05, 4.69) is 21.0 Å². The summed E-state index contributed by atoms with van der Waals surface area (Å²) < 4.78 is 29.8. The standard InChI is InChI=1S/C18H21BrF2N4O/c1-13-15(19)11-22-25(13)6-5-17(26)24-9-7-23(8-10-24)12-14-3-2-4-16(20)18(14)21/h2-4,11H,5-10,12H2,1H3. The van der Waals surface area contributed by atoms with Crippen LogP contribution in [0.5, 0.6) is 0 Å². The van der Waals surface area contributed by atoms with Gasteiger partial charge in [-0.1, -0.05) is 12.1 Å². The van der Waals surface area contributed by atoms with Crippen molar-refractivity contribution in [1.29, 1.82) is 0 Å². The second kappa shape index (κ2) is 8.26. The third-order valence-electron chi connectivity index (χ3n) is 4.73. The lowest BCUT2D eigenvalue weighted by Gasteiger charge is -2.35. The van der Waals surface area contributed by atoms with Crippen molar-refractivity contribution < 1.29 is 13.6 Å². The number of carbonyl (C=O) groups is 1. The van der Waals surface area contributed by atoms with E-state index >= 15 is 0 Å². The highest BCUT2D eigenvalue weighted by Gasteiger charge is 2.22. The Bertz CT molecular complexity index is 787. The van der Waals surface area contributed by atoms with Crippen LogP contribution in [0, 0.1) is 18.6 Å². The molecule has 0 bridgehead atoms. The molecule has 0 spiro atoms. The lowest BCUT2D eigenvalue weighted by molar-refractivity contribution is -0.133. The van der Waals surface area contributed by atoms with Gasteiger partial charge in [0.15, 0.2) is 11.6 Å². The van der Waals surface area contributed by atoms with Crippen LogP contribution in [0.2, 0.25) is 0 Å². The summed E-state index contributed by atoms with van der Waals surface area (Å²) in [4.78, 5) is 16.3. The maximum absolute atomic E-state index is 13.8. The second-order valence-electron chi connectivity index (χ2n) is 6.42. The minimum absolute atomic E-state index is 0.0904. The summed E-state index contributed by atoms with van der Waals surface area (Å²) >= 11 is 3.41. The van der Waals surface area contributed by atoms with E-state index < -0.39 is 11.6 Å². The highest BCUT2D eigenvalue weighted by molar-refractivity contribution is 9.10. The molecule has 0 radical (unpaired) electrons. The molecule has 1 saturated heterocycles. The first-order chi connectivity index (χ1) is 12.5. The fourth-order valence-corrected chi connectivity index (χ4v) is 3.37. The molecule has 140 valence electrons. The number of aromatic nitrogens is 2. The van der Waals surface area contributed by atoms with E-state index in [1.54, 1.807) is 12.3 Å². The van der Waals surface area contributed by atoms with Crippen molar-refractivity contribution in [2.24, 2.45) is 0 Å². The van der Waals surface area contributed by atoms with Gasteiger partial charge in [-0.05, 0) is 28.9 Å². The molecule has 0 N–H and O–H groups in total. The van der Waals surface area contributed by atoms with Crippen molar-refractivity contribution in [2.45, 2.75) is 26.4 Å². The molecule has 0 saturated carbocycles. The average molecular weight is 427 g/mol. The summed E-state index contributed by atoms with van der Waals surface area (Å²) in [5.41, 5.74) is 1.35. The molecule has 1 amide bonds. The first-order valence-corrected chi connectivity index (χ1v) is 9.36. The molecular formula is C18H21BrF2N4O. The molecule has 0 unspecified atom stereocenters. The van der Waals surface area contributed by atoms with Crippen molar-refractivity contribution in [1.82, 2.24) is 19.6 Å². The Morgan fingerprint density at radius 3 is 2.62 bits per heavy atom. The fourth-order valence-electron chi connectivity index (χ4n) is 3.08. The van der Waals surface area contributed by atoms with E-state index in [9.17, 15) is 13.6 Å². The topological polar surface area (TPSA) is 41.4 Å². The monoisotopic (exact) mass is 426 g/mol. The van der Waals surface area contributed by atoms with Crippen molar-refractivity contribution in [3.63, 3.8) is 0 Å². The van der Waals surface area contributed by atoms with Gasteiger partial charge >= 0.3 is 0 Å². The average Bonchev–Trinajstić information content (AvgIpc) is 2.96. The smallest absolute Gasteiger partial charge is 0.224 e. The number of hydrogen-bond donors (Lipinski definition) is 0. The molecule has 1 aromatic carbocycles. The number of aryl methyl sites for hydroxylation is 1. The predicted molar refractivity (Wildman–Crippen MR) is 97.5 cm³/mol. The molecule has 2 aromatic rings. The van der Waals surface area contributed by atoms with E-state index in [0.717, 1.165) is 16.2 Å². The third kappa shape index (κ3) is 4.29. The molecule has 8 heteroatoms. The summed E-state index contributed by atoms with van der Waals surface area (Å²) in [6.07, 6.45) is 2.12. The Morgan fingerprint density at radius 1 is 1.23 bits per heavy atom. The van der Waals surface area contributed by atoms with Gasteiger partial charge in [0.05, 0.1) is 10.7 Å². The molecule has 0 aliphatic carbocycles. The van der Waals surface area contributed by atoms with E-state index in [1.165, 1.54) is 6.07 Å². The number of amides is 1. The summed E-state index contributed by atoms with van der Waals surface area (Å²) in [5.74, 6) is -1.52. The molecule has 26 heavy (non-hydrogen) atoms. The number of carbonyl (C=O) groups excluding carboxylic acids is 1. The van der Waals surface area contributed by atoms with Crippen LogP contribution in [-0.2, 0) is 17.9 Å². The van der Waals surface area contributed by atoms with Gasteiger partial charge in [-0.2, -0.15) is 5.10 Å². The lowest BCUT2D eigenvalue weighted by Crippen LogP contribution is -2.48. The maximum atomic E-state index is 13.8. The van der Waals surface area contributed by atoms with Gasteiger partial charge in [0.1, 0.15) is 0 Å². The molecule has 1 aromatic heterocycles. The molecule has 5 nitrogen and oxygen atoms in total. The van der Waals surface area contributed by atoms with Gasteiger partial charge in [-0.15, -0.1) is 0 Å². The van der Waals surface area contributed by atoms with Gasteiger partial charge in [-0.25, -0.2) is 8.78 Å². The van der Waals surface area contributed by atoms with Crippen LogP contribution in [0.25, 0.3) is 0 Å². The minimum Gasteiger partial charge on any atom is -0.340 e. The van der Waals surface area contributed by atoms with Crippen LogP contribution in [0.1, 0.15) is 17.7 Å². The molecule has 3 rings (SSSR count). The Morgan fingerprint density at radius 2 is 1.96 bits per heavy atom. The summed E-state index contributed by atoms with van der Waals surface area (Å²) in [7, 11) is 0. The van der Waals surface area contributed by atoms with Gasteiger partial charge < -0.3 is 4.90 Å². The lowest BCUT2D eigenvalue weighted by atomic mass is 10.1. The quantitative estimate of drug-likeness (QED) is 0.737. The summed E-state index contributed by atoms with van der Waals surface area (Å²) in [6, 6.07) is 4.24. The van der Waals surface area contributed by atoms with E-state index in [0.29, 0.717) is 51.3 Å². The fraction of sp³-hybridized carbons (Fsp3) is 0.444. The highest BCUT2D eigenvalue weighted by atomic mass is 79.9. The van der Waals surface area contributed by atoms with Crippen molar-refractivity contribution in [2.75, 3.05) is 26.2 Å². The number of piperazine rings is 1. The van der Waals surface area contributed by atoms with Crippen molar-refractivity contribution in [3.8, 4) is 0 Å². The number of halogens is 3. The number of nitrogens with zero attached hydrogens (tertiary/aromatic N) is 4. The molecule has 0 atom stereocenters. The van der Waals surface area contributed by atoms with E-state index in [-0.39, 0.29) is 5.91 Å². The van der Waals surface area contributed by atoms with Crippen LogP contribution < -0.4 is 0 Å². The zero-order valence-electron chi connectivity index (χ0n) is 14.6. The van der Waals surface area contributed by atoms with Gasteiger partial charge in [0.25, 0.3) is 0 Å². The number of benzene rings is 1. The van der Waals surface area contributed by atoms with Crippen molar-refractivity contribution >= 4 is 21.8 Å². The van der Waals surface area contributed by atoms with Gasteiger partial charge in [0, 0.05) is 56.9 Å². The highest BCUT2D eigenvalue weighted by Crippen LogP contribution is 2.16. The molecule has 1 aliphatic rings. The third-order valence-corrected chi connectivity index (χ3v) is 5.51. The van der Waals surface area contributed by atoms with Crippen LogP contribution >= 0.6 is 15.9 Å². The normalized spacial score (nSPS) is 15.5. The Kier molecular flexibility index (Phi) is 6.03. The van der Waals surface area contributed by atoms with Crippen LogP contribution in [0.15, 0.2) is 28.9 Å². The minimum atomic E-state index is -0.822. The second-order valence-corrected chi connectivity index (χ2v) is 7.28. The van der Waals surface area contributed by atoms with Crippen LogP contribution in [-0.4, -0.2) is 51.7 Å². The SMILES string of the molecule is Cc1c(Br)cnn1CCC(=O)N1CCN(Cc2cccc(F)c2F)CC1. The van der Waals surface area contributed by atoms with Gasteiger partial charge in [0.2, 0.25) is 5.91 Å². The van der Waals surface area contributed by atoms with Crippen LogP contribution in [0.4, 0.5) is 8.78 Å². The zero-order valence-corrected chi connectivity index (χ0v) is 16.2. The molecule has 1 aliphatic heterocycles. The van der Waals surface area contributed by atoms with Gasteiger partial charge in [-0.3, -0.25) is 14.4 Å². The summed E-state index contributed by atoms with van der Waals surface area (Å²) in [6.45, 7) is 5.33. The predicted octanol–water partition coefficient (Wildman–Crippen LogP) is 2.97. The van der Waals surface area contributed by atoms with Crippen molar-refractivity contribution in [3.05, 3.63) is 51.8 Å². The number of rotatable bonds is 5. The first kappa shape index (κ1) is 19.0. The Labute approximate surface area is 159 Å². The molecule has 2 heterocycles. The van der Waals surface area contributed by atoms with Crippen LogP contribution in [0.3, 0.4) is 0 Å². The first-order valence-electron chi connectivity index (χ1n) is 8.56. The molecular weight excluding hydrogens is 406 g/mol. The van der Waals surface area contributed by atoms with E-state index in [4.69, 9.17) is 0 Å². The Balaban J connectivity index is 1.48. The zero-order chi connectivity index (χ0) is 18.7. The van der Waals surface area contributed by atoms with E-state index in [1.807, 2.05) is 21.4 Å². The largest absolute Gasteiger partial charge is 0.340 e. The maximum Gasteiger partial charge on any atom is 0.224 e. The Hall–Kier alpha value is -1.80.